The van der Waals surface area contributed by atoms with Crippen LogP contribution in [0.2, 0.25) is 0 Å². The number of alkyl carbamates (subject to hydrolysis) is 1. The highest BCUT2D eigenvalue weighted by molar-refractivity contribution is 5.92. The minimum Gasteiger partial charge on any atom is -0.444 e. The summed E-state index contributed by atoms with van der Waals surface area (Å²) in [5.41, 5.74) is 1.99. The summed E-state index contributed by atoms with van der Waals surface area (Å²) in [6, 6.07) is 4.07. The largest absolute Gasteiger partial charge is 0.444 e. The van der Waals surface area contributed by atoms with Crippen LogP contribution in [0, 0.1) is 13.8 Å². The van der Waals surface area contributed by atoms with Gasteiger partial charge in [0.05, 0.1) is 0 Å². The number of rotatable bonds is 7. The van der Waals surface area contributed by atoms with Gasteiger partial charge in [0.2, 0.25) is 11.8 Å². The molecule has 0 aliphatic heterocycles. The number of amides is 3. The van der Waals surface area contributed by atoms with Crippen LogP contribution in [0.1, 0.15) is 71.2 Å². The highest BCUT2D eigenvalue weighted by Crippen LogP contribution is 2.28. The molecule has 0 saturated heterocycles. The van der Waals surface area contributed by atoms with Gasteiger partial charge in [0.1, 0.15) is 17.7 Å². The van der Waals surface area contributed by atoms with Gasteiger partial charge in [-0.15, -0.1) is 0 Å². The lowest BCUT2D eigenvalue weighted by Gasteiger charge is -2.34. The van der Waals surface area contributed by atoms with Gasteiger partial charge in [0.15, 0.2) is 0 Å². The van der Waals surface area contributed by atoms with Crippen LogP contribution >= 0.6 is 0 Å². The Hall–Kier alpha value is -2.57. The molecule has 2 N–H and O–H groups in total. The summed E-state index contributed by atoms with van der Waals surface area (Å²) in [7, 11) is 0. The molecule has 0 saturated carbocycles. The van der Waals surface area contributed by atoms with E-state index in [1.165, 1.54) is 4.90 Å². The fourth-order valence-corrected chi connectivity index (χ4v) is 3.31. The fourth-order valence-electron chi connectivity index (χ4n) is 3.31. The molecule has 2 atom stereocenters. The zero-order valence-corrected chi connectivity index (χ0v) is 19.8. The zero-order chi connectivity index (χ0) is 23.2. The van der Waals surface area contributed by atoms with E-state index in [0.717, 1.165) is 16.7 Å². The monoisotopic (exact) mass is 419 g/mol. The molecular weight excluding hydrogens is 382 g/mol. The number of nitrogens with one attached hydrogen (secondary N) is 2. The molecule has 30 heavy (non-hydrogen) atoms. The number of benzene rings is 1. The van der Waals surface area contributed by atoms with E-state index in [1.54, 1.807) is 27.7 Å². The van der Waals surface area contributed by atoms with Gasteiger partial charge >= 0.3 is 6.09 Å². The Morgan fingerprint density at radius 2 is 1.57 bits per heavy atom. The number of carbonyl (C=O) groups is 3. The Kier molecular flexibility index (Phi) is 8.88. The average Bonchev–Trinajstić information content (AvgIpc) is 2.57. The van der Waals surface area contributed by atoms with E-state index in [4.69, 9.17) is 4.74 Å². The molecule has 0 radical (unpaired) electrons. The number of aryl methyl sites for hydroxylation is 2. The van der Waals surface area contributed by atoms with Gasteiger partial charge in [-0.2, -0.15) is 0 Å². The van der Waals surface area contributed by atoms with Crippen LogP contribution in [0.25, 0.3) is 0 Å². The number of nitrogens with zero attached hydrogens (tertiary/aromatic N) is 1. The van der Waals surface area contributed by atoms with Crippen molar-refractivity contribution >= 4 is 17.9 Å². The van der Waals surface area contributed by atoms with Crippen molar-refractivity contribution in [3.8, 4) is 0 Å². The predicted molar refractivity (Wildman–Crippen MR) is 118 cm³/mol. The van der Waals surface area contributed by atoms with Crippen LogP contribution in [0.5, 0.6) is 0 Å². The van der Waals surface area contributed by atoms with Gasteiger partial charge in [-0.05, 0) is 79.0 Å². The first kappa shape index (κ1) is 25.5. The molecule has 0 aliphatic rings. The van der Waals surface area contributed by atoms with Gasteiger partial charge in [0, 0.05) is 12.6 Å². The van der Waals surface area contributed by atoms with Crippen molar-refractivity contribution in [2.45, 2.75) is 86.0 Å². The highest BCUT2D eigenvalue weighted by Gasteiger charge is 2.35. The van der Waals surface area contributed by atoms with E-state index in [2.05, 4.69) is 10.6 Å². The van der Waals surface area contributed by atoms with E-state index in [9.17, 15) is 14.4 Å². The second-order valence-corrected chi connectivity index (χ2v) is 8.86. The highest BCUT2D eigenvalue weighted by atomic mass is 16.6. The SMILES string of the molecule is CCN(C(=O)C(C)NC(=O)OC(C)(C)C)C(C(=O)NC(C)C)c1c(C)cccc1C. The summed E-state index contributed by atoms with van der Waals surface area (Å²) >= 11 is 0. The Balaban J connectivity index is 3.27. The number of hydrogen-bond acceptors (Lipinski definition) is 4. The Bertz CT molecular complexity index is 748. The summed E-state index contributed by atoms with van der Waals surface area (Å²) in [5, 5.41) is 5.51. The van der Waals surface area contributed by atoms with Crippen molar-refractivity contribution in [3.63, 3.8) is 0 Å². The maximum atomic E-state index is 13.3. The van der Waals surface area contributed by atoms with Gasteiger partial charge < -0.3 is 20.3 Å². The molecule has 168 valence electrons. The summed E-state index contributed by atoms with van der Waals surface area (Å²) < 4.78 is 5.26. The van der Waals surface area contributed by atoms with Crippen molar-refractivity contribution in [2.75, 3.05) is 6.54 Å². The summed E-state index contributed by atoms with van der Waals surface area (Å²) in [6.07, 6.45) is -0.672. The molecule has 7 heteroatoms. The molecule has 2 unspecified atom stereocenters. The number of likely N-dealkylation sites (N-methyl/N-ethyl adjacent to an activating group) is 1. The first-order valence-electron chi connectivity index (χ1n) is 10.4. The predicted octanol–water partition coefficient (Wildman–Crippen LogP) is 3.63. The summed E-state index contributed by atoms with van der Waals surface area (Å²) in [5.74, 6) is -0.600. The van der Waals surface area contributed by atoms with E-state index in [1.807, 2.05) is 52.8 Å². The molecular formula is C23H37N3O4. The van der Waals surface area contributed by atoms with Crippen molar-refractivity contribution in [1.82, 2.24) is 15.5 Å². The quantitative estimate of drug-likeness (QED) is 0.706. The molecule has 7 nitrogen and oxygen atoms in total. The minimum atomic E-state index is -0.849. The normalized spacial score (nSPS) is 13.4. The first-order chi connectivity index (χ1) is 13.8. The van der Waals surface area contributed by atoms with E-state index in [-0.39, 0.29) is 17.9 Å². The molecule has 0 bridgehead atoms. The maximum Gasteiger partial charge on any atom is 0.408 e. The lowest BCUT2D eigenvalue weighted by Crippen LogP contribution is -2.52. The molecule has 0 spiro atoms. The topological polar surface area (TPSA) is 87.7 Å². The van der Waals surface area contributed by atoms with Crippen LogP contribution in [-0.2, 0) is 14.3 Å². The standard InChI is InChI=1S/C23H37N3O4/c1-10-26(21(28)17(6)25-22(29)30-23(7,8)9)19(20(27)24-14(2)3)18-15(4)12-11-13-16(18)5/h11-14,17,19H,10H2,1-9H3,(H,24,27)(H,25,29). The minimum absolute atomic E-state index is 0.0737. The lowest BCUT2D eigenvalue weighted by atomic mass is 9.93. The molecule has 0 heterocycles. The maximum absolute atomic E-state index is 13.3. The van der Waals surface area contributed by atoms with Gasteiger partial charge in [-0.3, -0.25) is 9.59 Å². The average molecular weight is 420 g/mol. The van der Waals surface area contributed by atoms with Crippen LogP contribution < -0.4 is 10.6 Å². The van der Waals surface area contributed by atoms with E-state index < -0.39 is 23.8 Å². The van der Waals surface area contributed by atoms with Crippen LogP contribution in [0.15, 0.2) is 18.2 Å². The number of ether oxygens (including phenoxy) is 1. The third-order valence-corrected chi connectivity index (χ3v) is 4.53. The molecule has 1 aromatic carbocycles. The molecule has 0 aliphatic carbocycles. The van der Waals surface area contributed by atoms with Crippen LogP contribution in [0.4, 0.5) is 4.79 Å². The third-order valence-electron chi connectivity index (χ3n) is 4.53. The second kappa shape index (κ2) is 10.5. The van der Waals surface area contributed by atoms with E-state index >= 15 is 0 Å². The van der Waals surface area contributed by atoms with E-state index in [0.29, 0.717) is 6.54 Å². The van der Waals surface area contributed by atoms with Gasteiger partial charge in [-0.1, -0.05) is 18.2 Å². The molecule has 1 rings (SSSR count). The summed E-state index contributed by atoms with van der Waals surface area (Å²) in [4.78, 5) is 40.1. The van der Waals surface area contributed by atoms with Gasteiger partial charge in [-0.25, -0.2) is 4.79 Å². The Morgan fingerprint density at radius 3 is 2.00 bits per heavy atom. The van der Waals surface area contributed by atoms with Gasteiger partial charge in [0.25, 0.3) is 0 Å². The van der Waals surface area contributed by atoms with Crippen molar-refractivity contribution in [2.24, 2.45) is 0 Å². The molecule has 0 fully saturated rings. The Morgan fingerprint density at radius 1 is 1.03 bits per heavy atom. The van der Waals surface area contributed by atoms with Crippen LogP contribution in [-0.4, -0.2) is 47.0 Å². The second-order valence-electron chi connectivity index (χ2n) is 8.86. The lowest BCUT2D eigenvalue weighted by molar-refractivity contribution is -0.142. The molecule has 3 amide bonds. The van der Waals surface area contributed by atoms with Crippen LogP contribution in [0.3, 0.4) is 0 Å². The third kappa shape index (κ3) is 7.04. The smallest absolute Gasteiger partial charge is 0.408 e. The first-order valence-corrected chi connectivity index (χ1v) is 10.4. The number of carbonyl (C=O) groups excluding carboxylic acids is 3. The molecule has 0 aromatic heterocycles. The number of hydrogen-bond donors (Lipinski definition) is 2. The zero-order valence-electron chi connectivity index (χ0n) is 19.8. The summed E-state index contributed by atoms with van der Waals surface area (Å²) in [6.45, 7) is 16.6. The fraction of sp³-hybridized carbons (Fsp3) is 0.609. The van der Waals surface area contributed by atoms with Crippen molar-refractivity contribution < 1.29 is 19.1 Å². The van der Waals surface area contributed by atoms with Crippen molar-refractivity contribution in [3.05, 3.63) is 34.9 Å². The molecule has 1 aromatic rings. The Labute approximate surface area is 180 Å². The van der Waals surface area contributed by atoms with Crippen molar-refractivity contribution in [1.29, 1.82) is 0 Å².